The van der Waals surface area contributed by atoms with Crippen LogP contribution in [0.15, 0.2) is 96.9 Å². The van der Waals surface area contributed by atoms with Crippen LogP contribution >= 0.6 is 6.89 Å². The van der Waals surface area contributed by atoms with Crippen LogP contribution in [0.3, 0.4) is 0 Å². The highest BCUT2D eigenvalue weighted by Gasteiger charge is 2.25. The molecule has 138 valence electrons. The summed E-state index contributed by atoms with van der Waals surface area (Å²) in [4.78, 5) is 0. The van der Waals surface area contributed by atoms with Gasteiger partial charge in [0.05, 0.1) is 13.2 Å². The van der Waals surface area contributed by atoms with Crippen molar-refractivity contribution in [2.24, 2.45) is 0 Å². The average molecular weight is 376 g/mol. The van der Waals surface area contributed by atoms with E-state index in [0.717, 1.165) is 0 Å². The second-order valence-electron chi connectivity index (χ2n) is 5.94. The van der Waals surface area contributed by atoms with Gasteiger partial charge in [0.15, 0.2) is 0 Å². The van der Waals surface area contributed by atoms with Gasteiger partial charge in [-0.2, -0.15) is 0 Å². The van der Waals surface area contributed by atoms with Crippen molar-refractivity contribution in [3.8, 4) is 0 Å². The minimum absolute atomic E-state index is 0.477. The van der Waals surface area contributed by atoms with Crippen LogP contribution in [0.25, 0.3) is 0 Å². The van der Waals surface area contributed by atoms with E-state index in [2.05, 4.69) is 78.2 Å². The maximum absolute atomic E-state index is 5.81. The lowest BCUT2D eigenvalue weighted by Crippen LogP contribution is -2.26. The molecule has 0 aromatic heterocycles. The van der Waals surface area contributed by atoms with E-state index in [4.69, 9.17) is 9.47 Å². The van der Waals surface area contributed by atoms with E-state index in [1.807, 2.05) is 32.0 Å². The van der Waals surface area contributed by atoms with Gasteiger partial charge in [0, 0.05) is 6.89 Å². The fourth-order valence-electron chi connectivity index (χ4n) is 3.10. The van der Waals surface area contributed by atoms with E-state index >= 15 is 0 Å². The Hall–Kier alpha value is -2.66. The monoisotopic (exact) mass is 376 g/mol. The van der Waals surface area contributed by atoms with E-state index in [1.165, 1.54) is 15.9 Å². The lowest BCUT2D eigenvalue weighted by molar-refractivity contribution is 0.0539. The van der Waals surface area contributed by atoms with Crippen molar-refractivity contribution in [3.05, 3.63) is 96.9 Å². The van der Waals surface area contributed by atoms with Gasteiger partial charge in [-0.1, -0.05) is 91.0 Å². The van der Waals surface area contributed by atoms with Crippen molar-refractivity contribution in [2.75, 3.05) is 13.2 Å². The Kier molecular flexibility index (Phi) is 6.60. The zero-order valence-corrected chi connectivity index (χ0v) is 16.7. The molecule has 0 radical (unpaired) electrons. The van der Waals surface area contributed by atoms with Crippen LogP contribution in [0.5, 0.6) is 0 Å². The molecule has 0 N–H and O–H groups in total. The van der Waals surface area contributed by atoms with Crippen LogP contribution in [0, 0.1) is 0 Å². The molecule has 27 heavy (non-hydrogen) atoms. The van der Waals surface area contributed by atoms with Crippen LogP contribution in [0.4, 0.5) is 0 Å². The Balaban J connectivity index is 2.49. The number of hydrogen-bond acceptors (Lipinski definition) is 2. The second-order valence-corrected chi connectivity index (χ2v) is 9.06. The highest BCUT2D eigenvalue weighted by Crippen LogP contribution is 2.43. The van der Waals surface area contributed by atoms with Crippen molar-refractivity contribution in [2.45, 2.75) is 13.8 Å². The van der Waals surface area contributed by atoms with Crippen molar-refractivity contribution in [1.82, 2.24) is 0 Å². The Labute approximate surface area is 162 Å². The van der Waals surface area contributed by atoms with E-state index in [-0.39, 0.29) is 0 Å². The minimum Gasteiger partial charge on any atom is -0.460 e. The number of rotatable bonds is 7. The standard InChI is InChI=1S/C24H25O2P/c1-3-25-24(26-4-2)20-27(21-14-8-5-9-15-21,22-16-10-6-11-17-22)23-18-12-7-13-19-23/h5-19H,3-4H2,1-2H3. The molecule has 0 fully saturated rings. The molecule has 0 aliphatic heterocycles. The average Bonchev–Trinajstić information content (AvgIpc) is 2.74. The largest absolute Gasteiger partial charge is 0.460 e. The molecular formula is C24H25O2P. The first kappa shape index (κ1) is 19.1. The molecule has 3 aromatic carbocycles. The summed E-state index contributed by atoms with van der Waals surface area (Å²) >= 11 is 0. The summed E-state index contributed by atoms with van der Waals surface area (Å²) in [6.07, 6.45) is 0. The lowest BCUT2D eigenvalue weighted by Gasteiger charge is -2.26. The van der Waals surface area contributed by atoms with Gasteiger partial charge in [-0.3, -0.25) is 0 Å². The summed E-state index contributed by atoms with van der Waals surface area (Å²) in [6, 6.07) is 31.7. The second kappa shape index (κ2) is 9.33. The van der Waals surface area contributed by atoms with Crippen molar-refractivity contribution < 1.29 is 9.47 Å². The third-order valence-electron chi connectivity index (χ3n) is 4.24. The molecule has 3 aromatic rings. The van der Waals surface area contributed by atoms with Gasteiger partial charge in [0.25, 0.3) is 0 Å². The summed E-state index contributed by atoms with van der Waals surface area (Å²) in [6.45, 7) is 2.81. The third-order valence-corrected chi connectivity index (χ3v) is 7.98. The molecule has 0 amide bonds. The van der Waals surface area contributed by atoms with Crippen LogP contribution in [0.2, 0.25) is 0 Å². The zero-order chi connectivity index (χ0) is 19.0. The molecule has 2 nitrogen and oxygen atoms in total. The number of ether oxygens (including phenoxy) is 2. The van der Waals surface area contributed by atoms with Gasteiger partial charge < -0.3 is 9.47 Å². The third kappa shape index (κ3) is 4.19. The van der Waals surface area contributed by atoms with E-state index in [0.29, 0.717) is 19.2 Å². The summed E-state index contributed by atoms with van der Waals surface area (Å²) < 4.78 is 11.6. The zero-order valence-electron chi connectivity index (χ0n) is 15.8. The normalized spacial score (nSPS) is 10.7. The highest BCUT2D eigenvalue weighted by molar-refractivity contribution is 7.94. The molecule has 0 aliphatic rings. The van der Waals surface area contributed by atoms with Crippen molar-refractivity contribution >= 4 is 28.3 Å². The van der Waals surface area contributed by atoms with E-state index in [1.54, 1.807) is 0 Å². The summed E-state index contributed by atoms with van der Waals surface area (Å²) in [5.41, 5.74) is 3.70. The molecule has 0 bridgehead atoms. The van der Waals surface area contributed by atoms with Gasteiger partial charge in [0.2, 0.25) is 0 Å². The number of hydrogen-bond donors (Lipinski definition) is 0. The highest BCUT2D eigenvalue weighted by atomic mass is 31.2. The van der Waals surface area contributed by atoms with E-state index in [9.17, 15) is 0 Å². The molecule has 0 aliphatic carbocycles. The molecule has 0 atom stereocenters. The van der Waals surface area contributed by atoms with Crippen LogP contribution in [-0.4, -0.2) is 18.7 Å². The van der Waals surface area contributed by atoms with Gasteiger partial charge in [0.1, 0.15) is 0 Å². The van der Waals surface area contributed by atoms with Gasteiger partial charge in [-0.05, 0) is 35.2 Å². The van der Waals surface area contributed by atoms with Crippen LogP contribution in [-0.2, 0) is 9.47 Å². The van der Waals surface area contributed by atoms with Crippen LogP contribution < -0.4 is 15.9 Å². The fourth-order valence-corrected chi connectivity index (χ4v) is 6.64. The number of benzene rings is 3. The van der Waals surface area contributed by atoms with E-state index < -0.39 is 6.89 Å². The predicted octanol–water partition coefficient (Wildman–Crippen LogP) is 4.30. The molecule has 0 spiro atoms. The van der Waals surface area contributed by atoms with Crippen LogP contribution in [0.1, 0.15) is 13.8 Å². The molecule has 0 heterocycles. The van der Waals surface area contributed by atoms with Gasteiger partial charge in [-0.15, -0.1) is 0 Å². The lowest BCUT2D eigenvalue weighted by atomic mass is 10.4. The van der Waals surface area contributed by atoms with Gasteiger partial charge in [-0.25, -0.2) is 0 Å². The summed E-state index contributed by atoms with van der Waals surface area (Å²) in [5.74, 6) is 0.477. The maximum Gasteiger partial charge on any atom is 0.328 e. The first-order valence-electron chi connectivity index (χ1n) is 9.28. The summed E-state index contributed by atoms with van der Waals surface area (Å²) in [5, 5.41) is 3.66. The van der Waals surface area contributed by atoms with Gasteiger partial charge >= 0.3 is 5.95 Å². The minimum atomic E-state index is -2.21. The van der Waals surface area contributed by atoms with Crippen molar-refractivity contribution in [1.29, 1.82) is 0 Å². The SMILES string of the molecule is CCOC(=C=P(c1ccccc1)(c1ccccc1)c1ccccc1)OCC. The first-order valence-corrected chi connectivity index (χ1v) is 11.1. The molecule has 0 unspecified atom stereocenters. The summed E-state index contributed by atoms with van der Waals surface area (Å²) in [7, 11) is 0. The molecular weight excluding hydrogens is 351 g/mol. The first-order chi connectivity index (χ1) is 13.3. The maximum atomic E-state index is 5.81. The Bertz CT molecular complexity index is 816. The molecule has 0 saturated heterocycles. The quantitative estimate of drug-likeness (QED) is 0.452. The predicted molar refractivity (Wildman–Crippen MR) is 117 cm³/mol. The smallest absolute Gasteiger partial charge is 0.328 e. The topological polar surface area (TPSA) is 18.5 Å². The molecule has 3 heteroatoms. The van der Waals surface area contributed by atoms with Crippen molar-refractivity contribution in [3.63, 3.8) is 0 Å². The Morgan fingerprint density at radius 2 is 0.963 bits per heavy atom. The Morgan fingerprint density at radius 1 is 0.630 bits per heavy atom. The molecule has 0 saturated carbocycles. The Morgan fingerprint density at radius 3 is 1.26 bits per heavy atom. The fraction of sp³-hybridized carbons (Fsp3) is 0.167. The molecule has 3 rings (SSSR count).